The van der Waals surface area contributed by atoms with E-state index in [0.29, 0.717) is 52.8 Å². The van der Waals surface area contributed by atoms with E-state index in [9.17, 15) is 13.2 Å². The molecule has 5 aromatic rings. The van der Waals surface area contributed by atoms with Gasteiger partial charge in [-0.1, -0.05) is 43.2 Å². The van der Waals surface area contributed by atoms with Crippen molar-refractivity contribution in [2.75, 3.05) is 31.1 Å². The van der Waals surface area contributed by atoms with Crippen LogP contribution in [0, 0.1) is 6.92 Å². The monoisotopic (exact) mass is 696 g/mol. The van der Waals surface area contributed by atoms with Crippen LogP contribution in [0.5, 0.6) is 11.5 Å². The first kappa shape index (κ1) is 32.1. The molecule has 12 heteroatoms. The van der Waals surface area contributed by atoms with Crippen LogP contribution in [0.25, 0.3) is 11.0 Å². The first-order chi connectivity index (χ1) is 23.8. The number of aryl methyl sites for hydroxylation is 1. The van der Waals surface area contributed by atoms with Crippen molar-refractivity contribution in [3.05, 3.63) is 98.5 Å². The van der Waals surface area contributed by atoms with Crippen molar-refractivity contribution >= 4 is 37.9 Å². The van der Waals surface area contributed by atoms with Crippen LogP contribution in [-0.4, -0.2) is 70.3 Å². The summed E-state index contributed by atoms with van der Waals surface area (Å²) in [5.41, 5.74) is 4.77. The smallest absolute Gasteiger partial charge is 0.295 e. The highest BCUT2D eigenvalue weighted by Crippen LogP contribution is 2.33. The molecule has 8 rings (SSSR count). The predicted octanol–water partition coefficient (Wildman–Crippen LogP) is 5.99. The van der Waals surface area contributed by atoms with Gasteiger partial charge in [-0.05, 0) is 74.5 Å². The molecular weight excluding hydrogens is 657 g/mol. The van der Waals surface area contributed by atoms with E-state index in [1.807, 2.05) is 31.2 Å². The summed E-state index contributed by atoms with van der Waals surface area (Å²) in [5.74, 6) is 1.26. The highest BCUT2D eigenvalue weighted by Gasteiger charge is 2.34. The Kier molecular flexibility index (Phi) is 8.71. The maximum Gasteiger partial charge on any atom is 0.295 e. The average molecular weight is 697 g/mol. The lowest BCUT2D eigenvalue weighted by molar-refractivity contribution is 0.231. The molecule has 49 heavy (non-hydrogen) atoms. The highest BCUT2D eigenvalue weighted by atomic mass is 32.2. The summed E-state index contributed by atoms with van der Waals surface area (Å²) in [7, 11) is -3.63. The third kappa shape index (κ3) is 6.37. The number of pyridine rings is 1. The van der Waals surface area contributed by atoms with Crippen LogP contribution in [0.2, 0.25) is 0 Å². The van der Waals surface area contributed by atoms with Crippen molar-refractivity contribution in [3.8, 4) is 11.5 Å². The lowest BCUT2D eigenvalue weighted by atomic mass is 10.1. The van der Waals surface area contributed by atoms with E-state index < -0.39 is 20.6 Å². The van der Waals surface area contributed by atoms with Crippen LogP contribution in [0.1, 0.15) is 60.4 Å². The molecule has 10 nitrogen and oxygen atoms in total. The molecule has 0 amide bonds. The van der Waals surface area contributed by atoms with Gasteiger partial charge in [0.2, 0.25) is 0 Å². The van der Waals surface area contributed by atoms with E-state index in [1.54, 1.807) is 17.8 Å². The summed E-state index contributed by atoms with van der Waals surface area (Å²) in [5, 5.41) is 0.251. The standard InChI is InChI=1S/C37H40N6O4S2/c1-25-7-2-5-11-31(25)47-32-20-27-21-38-34(19-26-12-14-28(15-13-26)42-18-17-41-16-6-8-29(41)22-42)40-35(27)43(37(32)44)23-33-36(39-24-48-33)49(45,46)30-9-3-4-10-30/h2,5,7,11-15,20-21,24,29-30H,3-4,6,8-10,16-19,22-23H2,1H3. The molecule has 3 fully saturated rings. The van der Waals surface area contributed by atoms with Gasteiger partial charge in [0.25, 0.3) is 5.56 Å². The zero-order valence-corrected chi connectivity index (χ0v) is 29.3. The lowest BCUT2D eigenvalue weighted by Crippen LogP contribution is -2.50. The molecule has 2 aliphatic heterocycles. The Balaban J connectivity index is 1.12. The predicted molar refractivity (Wildman–Crippen MR) is 192 cm³/mol. The molecule has 3 aromatic heterocycles. The maximum absolute atomic E-state index is 14.2. The van der Waals surface area contributed by atoms with Crippen molar-refractivity contribution in [3.63, 3.8) is 0 Å². The van der Waals surface area contributed by atoms with Crippen LogP contribution in [0.3, 0.4) is 0 Å². The van der Waals surface area contributed by atoms with E-state index in [-0.39, 0.29) is 17.3 Å². The maximum atomic E-state index is 14.2. The van der Waals surface area contributed by atoms with Gasteiger partial charge >= 0.3 is 0 Å². The molecule has 0 N–H and O–H groups in total. The molecule has 1 saturated carbocycles. The average Bonchev–Trinajstić information content (AvgIpc) is 3.91. The minimum Gasteiger partial charge on any atom is -0.451 e. The summed E-state index contributed by atoms with van der Waals surface area (Å²) in [4.78, 5) is 33.7. The number of aromatic nitrogens is 4. The van der Waals surface area contributed by atoms with Gasteiger partial charge in [0.15, 0.2) is 20.6 Å². The summed E-state index contributed by atoms with van der Waals surface area (Å²) < 4.78 is 35.0. The Morgan fingerprint density at radius 3 is 2.57 bits per heavy atom. The van der Waals surface area contributed by atoms with Gasteiger partial charge < -0.3 is 9.64 Å². The van der Waals surface area contributed by atoms with Crippen molar-refractivity contribution in [1.29, 1.82) is 0 Å². The number of anilines is 1. The van der Waals surface area contributed by atoms with Crippen molar-refractivity contribution in [2.45, 2.75) is 74.7 Å². The second-order valence-corrected chi connectivity index (χ2v) is 16.6. The molecule has 2 saturated heterocycles. The van der Waals surface area contributed by atoms with E-state index in [1.165, 1.54) is 41.0 Å². The van der Waals surface area contributed by atoms with Crippen molar-refractivity contribution in [2.24, 2.45) is 0 Å². The number of hydrogen-bond donors (Lipinski definition) is 0. The van der Waals surface area contributed by atoms with Crippen LogP contribution in [0.15, 0.2) is 76.1 Å². The van der Waals surface area contributed by atoms with Crippen molar-refractivity contribution in [1.82, 2.24) is 24.4 Å². The summed E-state index contributed by atoms with van der Waals surface area (Å²) >= 11 is 1.24. The lowest BCUT2D eigenvalue weighted by Gasteiger charge is -2.38. The molecular formula is C37H40N6O4S2. The molecule has 1 unspecified atom stereocenters. The van der Waals surface area contributed by atoms with Gasteiger partial charge in [-0.15, -0.1) is 11.3 Å². The summed E-state index contributed by atoms with van der Waals surface area (Å²) in [6.07, 6.45) is 7.84. The van der Waals surface area contributed by atoms with Gasteiger partial charge in [-0.2, -0.15) is 0 Å². The highest BCUT2D eigenvalue weighted by molar-refractivity contribution is 7.92. The van der Waals surface area contributed by atoms with E-state index in [2.05, 4.69) is 44.0 Å². The Hall–Kier alpha value is -4.13. The van der Waals surface area contributed by atoms with Crippen LogP contribution in [-0.2, 0) is 22.8 Å². The molecule has 254 valence electrons. The minimum atomic E-state index is -3.63. The van der Waals surface area contributed by atoms with Crippen molar-refractivity contribution < 1.29 is 13.2 Å². The Morgan fingerprint density at radius 1 is 0.939 bits per heavy atom. The number of benzene rings is 2. The number of rotatable bonds is 9. The molecule has 0 spiro atoms. The third-order valence-electron chi connectivity index (χ3n) is 10.3. The Morgan fingerprint density at radius 2 is 1.76 bits per heavy atom. The van der Waals surface area contributed by atoms with Crippen LogP contribution < -0.4 is 15.2 Å². The van der Waals surface area contributed by atoms with Crippen LogP contribution in [0.4, 0.5) is 5.69 Å². The fraction of sp³-hybridized carbons (Fsp3) is 0.405. The number of piperazine rings is 1. The summed E-state index contributed by atoms with van der Waals surface area (Å²) in [6.45, 7) is 6.38. The Bertz CT molecular complexity index is 2160. The molecule has 3 aliphatic rings. The largest absolute Gasteiger partial charge is 0.451 e. The van der Waals surface area contributed by atoms with E-state index in [0.717, 1.165) is 43.6 Å². The number of nitrogens with zero attached hydrogens (tertiary/aromatic N) is 6. The van der Waals surface area contributed by atoms with Gasteiger partial charge in [0.1, 0.15) is 17.2 Å². The van der Waals surface area contributed by atoms with Gasteiger partial charge in [0.05, 0.1) is 22.2 Å². The zero-order valence-electron chi connectivity index (χ0n) is 27.6. The fourth-order valence-corrected chi connectivity index (χ4v) is 10.6. The Labute approximate surface area is 290 Å². The number of thiazole rings is 1. The number of hydrogen-bond acceptors (Lipinski definition) is 10. The molecule has 0 bridgehead atoms. The van der Waals surface area contributed by atoms with Crippen LogP contribution >= 0.6 is 11.3 Å². The van der Waals surface area contributed by atoms with E-state index in [4.69, 9.17) is 9.72 Å². The quantitative estimate of drug-likeness (QED) is 0.184. The number of para-hydroxylation sites is 1. The van der Waals surface area contributed by atoms with E-state index >= 15 is 0 Å². The fourth-order valence-electron chi connectivity index (χ4n) is 7.59. The summed E-state index contributed by atoms with van der Waals surface area (Å²) in [6, 6.07) is 18.5. The topological polar surface area (TPSA) is 111 Å². The van der Waals surface area contributed by atoms with Gasteiger partial charge in [0, 0.05) is 49.4 Å². The van der Waals surface area contributed by atoms with Gasteiger partial charge in [-0.3, -0.25) is 14.3 Å². The molecule has 0 radical (unpaired) electrons. The SMILES string of the molecule is Cc1ccccc1Oc1cc2cnc(Cc3ccc(N4CCN5CCCC5C4)cc3)nc2n(Cc2scnc2S(=O)(=O)C2CCCC2)c1=O. The molecule has 5 heterocycles. The first-order valence-electron chi connectivity index (χ1n) is 17.2. The molecule has 1 aliphatic carbocycles. The third-order valence-corrected chi connectivity index (χ3v) is 13.5. The zero-order chi connectivity index (χ0) is 33.5. The number of ether oxygens (including phenoxy) is 1. The molecule has 1 atom stereocenters. The minimum absolute atomic E-state index is 0.00562. The molecule has 2 aromatic carbocycles. The number of sulfone groups is 1. The second-order valence-electron chi connectivity index (χ2n) is 13.5. The normalized spacial score (nSPS) is 18.7. The van der Waals surface area contributed by atoms with Gasteiger partial charge in [-0.25, -0.2) is 23.4 Å². The first-order valence-corrected chi connectivity index (χ1v) is 19.6. The number of fused-ring (bicyclic) bond motifs is 2. The second kappa shape index (κ2) is 13.3.